The number of unbranched alkanes of at least 4 members (excludes halogenated alkanes) is 1. The zero-order valence-electron chi connectivity index (χ0n) is 22.8. The molecule has 2 N–H and O–H groups in total. The smallest absolute Gasteiger partial charge is 0.318 e. The van der Waals surface area contributed by atoms with Crippen molar-refractivity contribution in [2.45, 2.75) is 77.5 Å². The van der Waals surface area contributed by atoms with E-state index >= 15 is 0 Å². The number of rotatable bonds is 8. The Morgan fingerprint density at radius 1 is 1.11 bits per heavy atom. The molecule has 9 heteroatoms. The summed E-state index contributed by atoms with van der Waals surface area (Å²) in [4.78, 5) is 39.6. The van der Waals surface area contributed by atoms with Gasteiger partial charge in [0.15, 0.2) is 5.82 Å². The SMILES string of the molecule is CCCCC(CC)C(=O)N1CCc2c(nc(-c3ccc(NC(=O)NC)cc3)nc2N2CC3CCC(C2)O3)C1. The van der Waals surface area contributed by atoms with Crippen LogP contribution in [0.25, 0.3) is 11.4 Å². The number of carbonyl (C=O) groups is 2. The molecule has 2 fully saturated rings. The number of urea groups is 1. The summed E-state index contributed by atoms with van der Waals surface area (Å²) in [5.41, 5.74) is 3.69. The van der Waals surface area contributed by atoms with E-state index in [-0.39, 0.29) is 30.1 Å². The van der Waals surface area contributed by atoms with Crippen molar-refractivity contribution in [3.63, 3.8) is 0 Å². The number of hydrogen-bond acceptors (Lipinski definition) is 6. The Kier molecular flexibility index (Phi) is 8.12. The molecule has 3 aliphatic rings. The first-order valence-electron chi connectivity index (χ1n) is 14.2. The van der Waals surface area contributed by atoms with Crippen LogP contribution < -0.4 is 15.5 Å². The van der Waals surface area contributed by atoms with Gasteiger partial charge in [-0.3, -0.25) is 4.79 Å². The monoisotopic (exact) mass is 520 g/mol. The summed E-state index contributed by atoms with van der Waals surface area (Å²) >= 11 is 0. The zero-order valence-corrected chi connectivity index (χ0v) is 22.8. The molecule has 1 aromatic carbocycles. The molecule has 3 atom stereocenters. The minimum atomic E-state index is -0.263. The summed E-state index contributed by atoms with van der Waals surface area (Å²) < 4.78 is 6.10. The highest BCUT2D eigenvalue weighted by molar-refractivity contribution is 5.89. The number of carbonyl (C=O) groups excluding carboxylic acids is 2. The second kappa shape index (κ2) is 11.7. The lowest BCUT2D eigenvalue weighted by atomic mass is 9.96. The van der Waals surface area contributed by atoms with E-state index in [0.29, 0.717) is 24.6 Å². The second-order valence-electron chi connectivity index (χ2n) is 10.7. The summed E-state index contributed by atoms with van der Waals surface area (Å²) in [6.07, 6.45) is 7.47. The molecule has 0 saturated carbocycles. The first-order chi connectivity index (χ1) is 18.5. The lowest BCUT2D eigenvalue weighted by Gasteiger charge is -2.37. The van der Waals surface area contributed by atoms with Gasteiger partial charge in [0, 0.05) is 49.4 Å². The molecule has 0 radical (unpaired) electrons. The third-order valence-electron chi connectivity index (χ3n) is 8.07. The minimum Gasteiger partial charge on any atom is -0.371 e. The zero-order chi connectivity index (χ0) is 26.6. The van der Waals surface area contributed by atoms with Gasteiger partial charge < -0.3 is 25.2 Å². The average molecular weight is 521 g/mol. The molecule has 9 nitrogen and oxygen atoms in total. The van der Waals surface area contributed by atoms with Crippen LogP contribution in [-0.2, 0) is 22.5 Å². The van der Waals surface area contributed by atoms with Crippen LogP contribution in [0.4, 0.5) is 16.3 Å². The van der Waals surface area contributed by atoms with Crippen molar-refractivity contribution in [1.82, 2.24) is 20.2 Å². The largest absolute Gasteiger partial charge is 0.371 e. The van der Waals surface area contributed by atoms with Crippen LogP contribution in [0.1, 0.15) is 63.6 Å². The normalized spacial score (nSPS) is 21.1. The summed E-state index contributed by atoms with van der Waals surface area (Å²) in [6, 6.07) is 7.32. The van der Waals surface area contributed by atoms with Crippen LogP contribution in [0.15, 0.2) is 24.3 Å². The van der Waals surface area contributed by atoms with Gasteiger partial charge in [0.1, 0.15) is 5.82 Å². The van der Waals surface area contributed by atoms with Gasteiger partial charge in [-0.05, 0) is 56.4 Å². The van der Waals surface area contributed by atoms with Gasteiger partial charge in [-0.15, -0.1) is 0 Å². The maximum Gasteiger partial charge on any atom is 0.318 e. The number of fused-ring (bicyclic) bond motifs is 3. The Hall–Kier alpha value is -3.20. The molecule has 5 rings (SSSR count). The standard InChI is InChI=1S/C29H40N6O3/c1-4-6-7-19(5-2)28(36)34-15-14-24-25(18-34)32-26(20-8-10-21(11-9-20)31-29(37)30-3)33-27(24)35-16-22-12-13-23(17-35)38-22/h8-11,19,22-23H,4-7,12-18H2,1-3H3,(H2,30,31,37). The lowest BCUT2D eigenvalue weighted by Crippen LogP contribution is -2.45. The molecule has 0 aliphatic carbocycles. The van der Waals surface area contributed by atoms with Gasteiger partial charge >= 0.3 is 6.03 Å². The van der Waals surface area contributed by atoms with Gasteiger partial charge in [0.25, 0.3) is 0 Å². The van der Waals surface area contributed by atoms with Crippen molar-refractivity contribution in [3.8, 4) is 11.4 Å². The number of morpholine rings is 1. The molecule has 3 aliphatic heterocycles. The summed E-state index contributed by atoms with van der Waals surface area (Å²) in [7, 11) is 1.59. The van der Waals surface area contributed by atoms with Crippen LogP contribution in [0.3, 0.4) is 0 Å². The van der Waals surface area contributed by atoms with Crippen LogP contribution in [0, 0.1) is 5.92 Å². The number of nitrogens with zero attached hydrogens (tertiary/aromatic N) is 4. The van der Waals surface area contributed by atoms with Crippen molar-refractivity contribution >= 4 is 23.4 Å². The second-order valence-corrected chi connectivity index (χ2v) is 10.7. The minimum absolute atomic E-state index is 0.0764. The molecule has 2 saturated heterocycles. The number of nitrogens with one attached hydrogen (secondary N) is 2. The van der Waals surface area contributed by atoms with E-state index in [2.05, 4.69) is 29.4 Å². The van der Waals surface area contributed by atoms with E-state index in [1.165, 1.54) is 5.56 Å². The predicted molar refractivity (Wildman–Crippen MR) is 148 cm³/mol. The number of aromatic nitrogens is 2. The third kappa shape index (κ3) is 5.62. The molecule has 4 heterocycles. The fraction of sp³-hybridized carbons (Fsp3) is 0.586. The van der Waals surface area contributed by atoms with E-state index in [0.717, 1.165) is 75.1 Å². The van der Waals surface area contributed by atoms with Gasteiger partial charge in [0.2, 0.25) is 5.91 Å². The molecule has 204 valence electrons. The van der Waals surface area contributed by atoms with Gasteiger partial charge in [0.05, 0.1) is 24.4 Å². The third-order valence-corrected chi connectivity index (χ3v) is 8.07. The molecular formula is C29H40N6O3. The maximum atomic E-state index is 13.4. The molecule has 3 unspecified atom stereocenters. The predicted octanol–water partition coefficient (Wildman–Crippen LogP) is 4.36. The van der Waals surface area contributed by atoms with Crippen LogP contribution in [-0.4, -0.2) is 65.7 Å². The van der Waals surface area contributed by atoms with Crippen LogP contribution in [0.5, 0.6) is 0 Å². The fourth-order valence-corrected chi connectivity index (χ4v) is 5.88. The Labute approximate surface area is 225 Å². The van der Waals surface area contributed by atoms with Crippen molar-refractivity contribution in [1.29, 1.82) is 0 Å². The summed E-state index contributed by atoms with van der Waals surface area (Å²) in [5.74, 6) is 1.97. The number of hydrogen-bond donors (Lipinski definition) is 2. The van der Waals surface area contributed by atoms with Crippen LogP contribution >= 0.6 is 0 Å². The Bertz CT molecular complexity index is 1140. The average Bonchev–Trinajstić information content (AvgIpc) is 3.29. The van der Waals surface area contributed by atoms with E-state index in [4.69, 9.17) is 14.7 Å². The highest BCUT2D eigenvalue weighted by atomic mass is 16.5. The molecule has 3 amide bonds. The summed E-state index contributed by atoms with van der Waals surface area (Å²) in [6.45, 7) is 7.20. The van der Waals surface area contributed by atoms with Crippen molar-refractivity contribution in [3.05, 3.63) is 35.5 Å². The first kappa shape index (κ1) is 26.4. The molecule has 1 aromatic heterocycles. The van der Waals surface area contributed by atoms with Crippen molar-refractivity contribution < 1.29 is 14.3 Å². The maximum absolute atomic E-state index is 13.4. The van der Waals surface area contributed by atoms with E-state index < -0.39 is 0 Å². The van der Waals surface area contributed by atoms with Gasteiger partial charge in [-0.2, -0.15) is 0 Å². The van der Waals surface area contributed by atoms with Crippen molar-refractivity contribution in [2.24, 2.45) is 5.92 Å². The molecule has 2 aromatic rings. The van der Waals surface area contributed by atoms with E-state index in [9.17, 15) is 9.59 Å². The highest BCUT2D eigenvalue weighted by Gasteiger charge is 2.37. The number of amides is 3. The van der Waals surface area contributed by atoms with E-state index in [1.54, 1.807) is 7.05 Å². The lowest BCUT2D eigenvalue weighted by molar-refractivity contribution is -0.137. The molecule has 2 bridgehead atoms. The van der Waals surface area contributed by atoms with Crippen LogP contribution in [0.2, 0.25) is 0 Å². The molecule has 0 spiro atoms. The quantitative estimate of drug-likeness (QED) is 0.537. The van der Waals surface area contributed by atoms with E-state index in [1.807, 2.05) is 29.2 Å². The van der Waals surface area contributed by atoms with Crippen molar-refractivity contribution in [2.75, 3.05) is 36.9 Å². The Balaban J connectivity index is 1.46. The Morgan fingerprint density at radius 2 is 1.84 bits per heavy atom. The fourth-order valence-electron chi connectivity index (χ4n) is 5.88. The highest BCUT2D eigenvalue weighted by Crippen LogP contribution is 2.35. The molecule has 38 heavy (non-hydrogen) atoms. The summed E-state index contributed by atoms with van der Waals surface area (Å²) in [5, 5.41) is 5.36. The number of benzene rings is 1. The topological polar surface area (TPSA) is 99.7 Å². The Morgan fingerprint density at radius 3 is 2.50 bits per heavy atom. The molecular weight excluding hydrogens is 480 g/mol. The van der Waals surface area contributed by atoms with Gasteiger partial charge in [-0.25, -0.2) is 14.8 Å². The number of ether oxygens (including phenoxy) is 1. The first-order valence-corrected chi connectivity index (χ1v) is 14.2. The van der Waals surface area contributed by atoms with Gasteiger partial charge in [-0.1, -0.05) is 26.7 Å². The number of anilines is 2.